The van der Waals surface area contributed by atoms with Crippen molar-refractivity contribution in [3.63, 3.8) is 0 Å². The van der Waals surface area contributed by atoms with Crippen LogP contribution in [0.4, 0.5) is 11.4 Å². The molecule has 3 rings (SSSR count). The van der Waals surface area contributed by atoms with Crippen LogP contribution in [-0.4, -0.2) is 56.1 Å². The van der Waals surface area contributed by atoms with Crippen LogP contribution in [0.15, 0.2) is 24.3 Å². The maximum absolute atomic E-state index is 12.4. The monoisotopic (exact) mass is 373 g/mol. The van der Waals surface area contributed by atoms with Gasteiger partial charge in [0.05, 0.1) is 19.1 Å². The molecule has 2 fully saturated rings. The zero-order chi connectivity index (χ0) is 19.1. The van der Waals surface area contributed by atoms with Crippen molar-refractivity contribution in [2.24, 2.45) is 5.92 Å². The van der Waals surface area contributed by atoms with Crippen LogP contribution < -0.4 is 10.2 Å². The summed E-state index contributed by atoms with van der Waals surface area (Å²) in [5.74, 6) is -0.295. The molecule has 6 nitrogen and oxygen atoms in total. The zero-order valence-electron chi connectivity index (χ0n) is 16.3. The average molecular weight is 373 g/mol. The molecule has 1 N–H and O–H groups in total. The summed E-state index contributed by atoms with van der Waals surface area (Å²) in [6, 6.07) is 8.11. The van der Waals surface area contributed by atoms with Crippen LogP contribution in [0.1, 0.15) is 39.0 Å². The van der Waals surface area contributed by atoms with E-state index in [-0.39, 0.29) is 17.8 Å². The Morgan fingerprint density at radius 2 is 1.81 bits per heavy atom. The molecule has 0 radical (unpaired) electrons. The third-order valence-corrected chi connectivity index (χ3v) is 5.36. The lowest BCUT2D eigenvalue weighted by Crippen LogP contribution is -2.43. The minimum atomic E-state index is -0.143. The van der Waals surface area contributed by atoms with Crippen LogP contribution in [0.3, 0.4) is 0 Å². The van der Waals surface area contributed by atoms with Crippen LogP contribution >= 0.6 is 0 Å². The number of anilines is 2. The summed E-state index contributed by atoms with van der Waals surface area (Å²) >= 11 is 0. The molecule has 0 saturated carbocycles. The van der Waals surface area contributed by atoms with Crippen LogP contribution in [-0.2, 0) is 14.3 Å². The Labute approximate surface area is 161 Å². The van der Waals surface area contributed by atoms with E-state index in [2.05, 4.69) is 22.3 Å². The lowest BCUT2D eigenvalue weighted by molar-refractivity contribution is -0.150. The molecule has 2 saturated heterocycles. The summed E-state index contributed by atoms with van der Waals surface area (Å²) in [5.41, 5.74) is 2.04. The largest absolute Gasteiger partial charge is 0.466 e. The van der Waals surface area contributed by atoms with Crippen LogP contribution in [0.25, 0.3) is 0 Å². The molecule has 0 unspecified atom stereocenters. The molecule has 27 heavy (non-hydrogen) atoms. The average Bonchev–Trinajstić information content (AvgIpc) is 2.69. The first-order valence-electron chi connectivity index (χ1n) is 10.2. The van der Waals surface area contributed by atoms with Crippen molar-refractivity contribution in [1.82, 2.24) is 4.90 Å². The summed E-state index contributed by atoms with van der Waals surface area (Å²) in [7, 11) is 0. The lowest BCUT2D eigenvalue weighted by atomic mass is 9.98. The van der Waals surface area contributed by atoms with Gasteiger partial charge in [-0.2, -0.15) is 0 Å². The molecule has 2 heterocycles. The van der Waals surface area contributed by atoms with Crippen molar-refractivity contribution in [3.8, 4) is 0 Å². The molecule has 6 heteroatoms. The Bertz CT molecular complexity index is 626. The number of carbonyl (C=O) groups excluding carboxylic acids is 2. The number of carbonyl (C=O) groups is 2. The standard InChI is InChI=1S/C21H31N3O3/c1-2-27-21(26)17-7-6-12-23(15-17)16-20(25)22-18-8-10-19(11-9-18)24-13-4-3-5-14-24/h8-11,17H,2-7,12-16H2,1H3,(H,22,25)/t17-/m1/s1. The van der Waals surface area contributed by atoms with Gasteiger partial charge in [-0.3, -0.25) is 14.5 Å². The van der Waals surface area contributed by atoms with Crippen molar-refractivity contribution in [3.05, 3.63) is 24.3 Å². The molecule has 2 aliphatic rings. The quantitative estimate of drug-likeness (QED) is 0.777. The van der Waals surface area contributed by atoms with Gasteiger partial charge in [-0.25, -0.2) is 0 Å². The highest BCUT2D eigenvalue weighted by atomic mass is 16.5. The molecule has 2 aliphatic heterocycles. The van der Waals surface area contributed by atoms with E-state index in [9.17, 15) is 9.59 Å². The fraction of sp³-hybridized carbons (Fsp3) is 0.619. The number of nitrogens with zero attached hydrogens (tertiary/aromatic N) is 2. The second-order valence-electron chi connectivity index (χ2n) is 7.47. The minimum Gasteiger partial charge on any atom is -0.466 e. The zero-order valence-corrected chi connectivity index (χ0v) is 16.3. The highest BCUT2D eigenvalue weighted by Gasteiger charge is 2.27. The molecule has 0 bridgehead atoms. The normalized spacial score (nSPS) is 20.9. The highest BCUT2D eigenvalue weighted by Crippen LogP contribution is 2.22. The molecule has 1 aromatic carbocycles. The topological polar surface area (TPSA) is 61.9 Å². The van der Waals surface area contributed by atoms with E-state index in [1.165, 1.54) is 24.9 Å². The number of benzene rings is 1. The fourth-order valence-corrected chi connectivity index (χ4v) is 3.96. The number of piperidine rings is 2. The number of amides is 1. The SMILES string of the molecule is CCOC(=O)[C@@H]1CCCN(CC(=O)Nc2ccc(N3CCCCC3)cc2)C1. The van der Waals surface area contributed by atoms with Gasteiger partial charge in [-0.15, -0.1) is 0 Å². The number of hydrogen-bond acceptors (Lipinski definition) is 5. The van der Waals surface area contributed by atoms with Crippen molar-refractivity contribution >= 4 is 23.3 Å². The van der Waals surface area contributed by atoms with E-state index < -0.39 is 0 Å². The van der Waals surface area contributed by atoms with E-state index in [4.69, 9.17) is 4.74 Å². The molecule has 0 aromatic heterocycles. The predicted molar refractivity (Wildman–Crippen MR) is 107 cm³/mol. The summed E-state index contributed by atoms with van der Waals surface area (Å²) in [6.45, 7) is 6.21. The van der Waals surface area contributed by atoms with E-state index in [0.717, 1.165) is 38.2 Å². The van der Waals surface area contributed by atoms with Gasteiger partial charge in [0, 0.05) is 31.0 Å². The maximum atomic E-state index is 12.4. The Kier molecular flexibility index (Phi) is 7.10. The third-order valence-electron chi connectivity index (χ3n) is 5.36. The smallest absolute Gasteiger partial charge is 0.310 e. The number of nitrogens with one attached hydrogen (secondary N) is 1. The van der Waals surface area contributed by atoms with Gasteiger partial charge in [-0.1, -0.05) is 0 Å². The van der Waals surface area contributed by atoms with Gasteiger partial charge >= 0.3 is 5.97 Å². The second-order valence-corrected chi connectivity index (χ2v) is 7.47. The first-order valence-corrected chi connectivity index (χ1v) is 10.2. The van der Waals surface area contributed by atoms with Crippen LogP contribution in [0.5, 0.6) is 0 Å². The predicted octanol–water partition coefficient (Wildman–Crippen LogP) is 2.89. The van der Waals surface area contributed by atoms with Gasteiger partial charge in [-0.05, 0) is 69.8 Å². The van der Waals surface area contributed by atoms with Gasteiger partial charge in [0.1, 0.15) is 0 Å². The highest BCUT2D eigenvalue weighted by molar-refractivity contribution is 5.92. The Morgan fingerprint density at radius 3 is 2.52 bits per heavy atom. The van der Waals surface area contributed by atoms with Crippen LogP contribution in [0.2, 0.25) is 0 Å². The van der Waals surface area contributed by atoms with Gasteiger partial charge < -0.3 is 15.0 Å². The number of hydrogen-bond donors (Lipinski definition) is 1. The Hall–Kier alpha value is -2.08. The molecule has 1 aromatic rings. The fourth-order valence-electron chi connectivity index (χ4n) is 3.96. The Balaban J connectivity index is 1.47. The summed E-state index contributed by atoms with van der Waals surface area (Å²) in [4.78, 5) is 28.8. The van der Waals surface area contributed by atoms with Gasteiger partial charge in [0.15, 0.2) is 0 Å². The Morgan fingerprint density at radius 1 is 1.07 bits per heavy atom. The lowest BCUT2D eigenvalue weighted by Gasteiger charge is -2.31. The van der Waals surface area contributed by atoms with E-state index >= 15 is 0 Å². The number of esters is 1. The number of rotatable bonds is 6. The second kappa shape index (κ2) is 9.74. The van der Waals surface area contributed by atoms with E-state index in [1.807, 2.05) is 24.0 Å². The molecule has 148 valence electrons. The first kappa shape index (κ1) is 19.7. The molecule has 1 amide bonds. The summed E-state index contributed by atoms with van der Waals surface area (Å²) < 4.78 is 5.12. The van der Waals surface area contributed by atoms with Crippen molar-refractivity contribution in [2.45, 2.75) is 39.0 Å². The van der Waals surface area contributed by atoms with Gasteiger partial charge in [0.2, 0.25) is 5.91 Å². The third kappa shape index (κ3) is 5.70. The van der Waals surface area contributed by atoms with Crippen molar-refractivity contribution in [2.75, 3.05) is 49.5 Å². The van der Waals surface area contributed by atoms with E-state index in [0.29, 0.717) is 19.7 Å². The van der Waals surface area contributed by atoms with Gasteiger partial charge in [0.25, 0.3) is 0 Å². The molecule has 0 spiro atoms. The molecule has 1 atom stereocenters. The first-order chi connectivity index (χ1) is 13.2. The summed E-state index contributed by atoms with van der Waals surface area (Å²) in [6.07, 6.45) is 5.58. The summed E-state index contributed by atoms with van der Waals surface area (Å²) in [5, 5.41) is 2.97. The van der Waals surface area contributed by atoms with Crippen molar-refractivity contribution in [1.29, 1.82) is 0 Å². The maximum Gasteiger partial charge on any atom is 0.310 e. The van der Waals surface area contributed by atoms with Crippen molar-refractivity contribution < 1.29 is 14.3 Å². The molecule has 0 aliphatic carbocycles. The number of ether oxygens (including phenoxy) is 1. The molecular formula is C21H31N3O3. The van der Waals surface area contributed by atoms with Crippen LogP contribution in [0, 0.1) is 5.92 Å². The minimum absolute atomic E-state index is 0.0368. The molecular weight excluding hydrogens is 342 g/mol. The number of likely N-dealkylation sites (tertiary alicyclic amines) is 1. The van der Waals surface area contributed by atoms with E-state index in [1.54, 1.807) is 0 Å².